The van der Waals surface area contributed by atoms with Crippen molar-refractivity contribution in [3.8, 4) is 0 Å². The molecular weight excluding hydrogens is 264 g/mol. The third kappa shape index (κ3) is 4.83. The van der Waals surface area contributed by atoms with Gasteiger partial charge in [-0.1, -0.05) is 24.3 Å². The Kier molecular flexibility index (Phi) is 6.21. The summed E-state index contributed by atoms with van der Waals surface area (Å²) < 4.78 is 5.48. The van der Waals surface area contributed by atoms with E-state index in [1.807, 2.05) is 19.1 Å². The third-order valence-electron chi connectivity index (χ3n) is 4.03. The number of piperidine rings is 1. The molecule has 2 rings (SSSR count). The highest BCUT2D eigenvalue weighted by Crippen LogP contribution is 2.17. The Bertz CT molecular complexity index is 462. The van der Waals surface area contributed by atoms with Crippen LogP contribution in [0.15, 0.2) is 24.3 Å². The van der Waals surface area contributed by atoms with Gasteiger partial charge in [-0.15, -0.1) is 0 Å². The average molecular weight is 290 g/mol. The monoisotopic (exact) mass is 290 g/mol. The van der Waals surface area contributed by atoms with E-state index in [9.17, 15) is 4.79 Å². The van der Waals surface area contributed by atoms with Crippen LogP contribution in [0.2, 0.25) is 0 Å². The minimum atomic E-state index is 0.139. The lowest BCUT2D eigenvalue weighted by Gasteiger charge is -2.27. The molecule has 0 bridgehead atoms. The Morgan fingerprint density at radius 2 is 2.14 bits per heavy atom. The van der Waals surface area contributed by atoms with Gasteiger partial charge in [0, 0.05) is 25.1 Å². The van der Waals surface area contributed by atoms with Crippen LogP contribution >= 0.6 is 0 Å². The summed E-state index contributed by atoms with van der Waals surface area (Å²) in [6.07, 6.45) is 1.85. The predicted molar refractivity (Wildman–Crippen MR) is 83.8 cm³/mol. The topological polar surface area (TPSA) is 50.4 Å². The number of hydrogen-bond donors (Lipinski definition) is 2. The summed E-state index contributed by atoms with van der Waals surface area (Å²) in [6.45, 7) is 6.95. The third-order valence-corrected chi connectivity index (χ3v) is 4.03. The Labute approximate surface area is 127 Å². The maximum Gasteiger partial charge on any atom is 0.223 e. The van der Waals surface area contributed by atoms with Gasteiger partial charge in [0.25, 0.3) is 0 Å². The molecule has 0 aromatic heterocycles. The first-order valence-electron chi connectivity index (χ1n) is 7.86. The minimum Gasteiger partial charge on any atom is -0.377 e. The van der Waals surface area contributed by atoms with Crippen molar-refractivity contribution in [3.63, 3.8) is 0 Å². The van der Waals surface area contributed by atoms with E-state index in [1.165, 1.54) is 0 Å². The van der Waals surface area contributed by atoms with Crippen molar-refractivity contribution in [3.05, 3.63) is 35.4 Å². The molecule has 116 valence electrons. The van der Waals surface area contributed by atoms with E-state index < -0.39 is 0 Å². The summed E-state index contributed by atoms with van der Waals surface area (Å²) in [5, 5.41) is 6.46. The largest absolute Gasteiger partial charge is 0.377 e. The van der Waals surface area contributed by atoms with Crippen molar-refractivity contribution in [2.24, 2.45) is 5.92 Å². The van der Waals surface area contributed by atoms with Gasteiger partial charge in [-0.25, -0.2) is 0 Å². The standard InChI is InChI=1S/C17H26N2O2/c1-3-21-12-16-7-5-4-6-15(16)11-19-17(20)14-8-9-18-13(2)10-14/h4-7,13-14,18H,3,8-12H2,1-2H3,(H,19,20)/t13-,14-/m0/s1. The lowest BCUT2D eigenvalue weighted by molar-refractivity contribution is -0.126. The fourth-order valence-corrected chi connectivity index (χ4v) is 2.78. The van der Waals surface area contributed by atoms with Gasteiger partial charge in [0.05, 0.1) is 6.61 Å². The van der Waals surface area contributed by atoms with Crippen LogP contribution in [0.4, 0.5) is 0 Å². The van der Waals surface area contributed by atoms with Crippen LogP contribution in [-0.4, -0.2) is 25.1 Å². The summed E-state index contributed by atoms with van der Waals surface area (Å²) in [6, 6.07) is 8.56. The second-order valence-electron chi connectivity index (χ2n) is 5.70. The van der Waals surface area contributed by atoms with Gasteiger partial charge in [0.2, 0.25) is 5.91 Å². The maximum absolute atomic E-state index is 12.3. The molecule has 1 fully saturated rings. The Morgan fingerprint density at radius 1 is 1.38 bits per heavy atom. The number of carbonyl (C=O) groups excluding carboxylic acids is 1. The second-order valence-corrected chi connectivity index (χ2v) is 5.70. The average Bonchev–Trinajstić information content (AvgIpc) is 2.51. The zero-order chi connectivity index (χ0) is 15.1. The van der Waals surface area contributed by atoms with E-state index in [2.05, 4.69) is 29.7 Å². The molecule has 21 heavy (non-hydrogen) atoms. The molecule has 0 radical (unpaired) electrons. The Balaban J connectivity index is 1.88. The molecule has 0 unspecified atom stereocenters. The molecule has 1 saturated heterocycles. The smallest absolute Gasteiger partial charge is 0.223 e. The van der Waals surface area contributed by atoms with Crippen LogP contribution in [0.3, 0.4) is 0 Å². The summed E-state index contributed by atoms with van der Waals surface area (Å²) in [5.41, 5.74) is 2.29. The number of benzene rings is 1. The van der Waals surface area contributed by atoms with E-state index in [-0.39, 0.29) is 11.8 Å². The van der Waals surface area contributed by atoms with Gasteiger partial charge in [-0.2, -0.15) is 0 Å². The molecule has 1 amide bonds. The molecule has 2 N–H and O–H groups in total. The van der Waals surface area contributed by atoms with Crippen LogP contribution in [0.5, 0.6) is 0 Å². The quantitative estimate of drug-likeness (QED) is 0.844. The number of ether oxygens (including phenoxy) is 1. The van der Waals surface area contributed by atoms with E-state index >= 15 is 0 Å². The van der Waals surface area contributed by atoms with Crippen LogP contribution in [0.1, 0.15) is 37.8 Å². The highest BCUT2D eigenvalue weighted by Gasteiger charge is 2.24. The Morgan fingerprint density at radius 3 is 2.86 bits per heavy atom. The number of nitrogens with one attached hydrogen (secondary N) is 2. The van der Waals surface area contributed by atoms with Crippen molar-refractivity contribution in [1.29, 1.82) is 0 Å². The fourth-order valence-electron chi connectivity index (χ4n) is 2.78. The summed E-state index contributed by atoms with van der Waals surface area (Å²) in [5.74, 6) is 0.315. The molecule has 4 nitrogen and oxygen atoms in total. The Hall–Kier alpha value is -1.39. The SMILES string of the molecule is CCOCc1ccccc1CNC(=O)[C@H]1CCN[C@@H](C)C1. The van der Waals surface area contributed by atoms with Gasteiger partial charge in [0.1, 0.15) is 0 Å². The molecule has 4 heteroatoms. The number of amides is 1. The van der Waals surface area contributed by atoms with Gasteiger partial charge in [0.15, 0.2) is 0 Å². The van der Waals surface area contributed by atoms with E-state index in [1.54, 1.807) is 0 Å². The first-order chi connectivity index (χ1) is 10.2. The summed E-state index contributed by atoms with van der Waals surface area (Å²) >= 11 is 0. The van der Waals surface area contributed by atoms with Gasteiger partial charge >= 0.3 is 0 Å². The first kappa shape index (κ1) is 16.0. The van der Waals surface area contributed by atoms with Crippen molar-refractivity contribution < 1.29 is 9.53 Å². The van der Waals surface area contributed by atoms with E-state index in [0.29, 0.717) is 25.8 Å². The molecule has 1 heterocycles. The van der Waals surface area contributed by atoms with Gasteiger partial charge < -0.3 is 15.4 Å². The zero-order valence-corrected chi connectivity index (χ0v) is 13.0. The predicted octanol–water partition coefficient (Wildman–Crippen LogP) is 2.23. The highest BCUT2D eigenvalue weighted by atomic mass is 16.5. The molecule has 1 aliphatic heterocycles. The number of carbonyl (C=O) groups is 1. The van der Waals surface area contributed by atoms with Crippen molar-refractivity contribution in [1.82, 2.24) is 10.6 Å². The van der Waals surface area contributed by atoms with Crippen molar-refractivity contribution in [2.75, 3.05) is 13.2 Å². The van der Waals surface area contributed by atoms with E-state index in [0.717, 1.165) is 30.5 Å². The summed E-state index contributed by atoms with van der Waals surface area (Å²) in [4.78, 5) is 12.3. The minimum absolute atomic E-state index is 0.139. The van der Waals surface area contributed by atoms with Crippen molar-refractivity contribution >= 4 is 5.91 Å². The summed E-state index contributed by atoms with van der Waals surface area (Å²) in [7, 11) is 0. The number of hydrogen-bond acceptors (Lipinski definition) is 3. The molecular formula is C17H26N2O2. The van der Waals surface area contributed by atoms with Gasteiger partial charge in [-0.3, -0.25) is 4.79 Å². The normalized spacial score (nSPS) is 22.0. The zero-order valence-electron chi connectivity index (χ0n) is 13.0. The fraction of sp³-hybridized carbons (Fsp3) is 0.588. The molecule has 1 aromatic rings. The first-order valence-corrected chi connectivity index (χ1v) is 7.86. The highest BCUT2D eigenvalue weighted by molar-refractivity contribution is 5.78. The molecule has 2 atom stereocenters. The van der Waals surface area contributed by atoms with Crippen LogP contribution < -0.4 is 10.6 Å². The van der Waals surface area contributed by atoms with Crippen LogP contribution in [-0.2, 0) is 22.7 Å². The van der Waals surface area contributed by atoms with E-state index in [4.69, 9.17) is 4.74 Å². The second kappa shape index (κ2) is 8.15. The van der Waals surface area contributed by atoms with Gasteiger partial charge in [-0.05, 0) is 44.4 Å². The lowest BCUT2D eigenvalue weighted by atomic mass is 9.92. The lowest BCUT2D eigenvalue weighted by Crippen LogP contribution is -2.42. The molecule has 1 aliphatic rings. The number of rotatable bonds is 6. The molecule has 0 spiro atoms. The van der Waals surface area contributed by atoms with Crippen molar-refractivity contribution in [2.45, 2.75) is 45.9 Å². The molecule has 0 saturated carbocycles. The van der Waals surface area contributed by atoms with Crippen LogP contribution in [0.25, 0.3) is 0 Å². The molecule has 0 aliphatic carbocycles. The molecule has 1 aromatic carbocycles. The van der Waals surface area contributed by atoms with Crippen LogP contribution in [0, 0.1) is 5.92 Å². The maximum atomic E-state index is 12.3.